The fourth-order valence-corrected chi connectivity index (χ4v) is 4.17. The predicted molar refractivity (Wildman–Crippen MR) is 140 cm³/mol. The first-order valence-electron chi connectivity index (χ1n) is 11.5. The number of H-pyrrole nitrogens is 1. The Hall–Kier alpha value is -2.90. The van der Waals surface area contributed by atoms with Gasteiger partial charge in [-0.1, -0.05) is 44.2 Å². The van der Waals surface area contributed by atoms with Crippen molar-refractivity contribution < 1.29 is 4.74 Å². The Morgan fingerprint density at radius 1 is 1.09 bits per heavy atom. The Bertz CT molecular complexity index is 1110. The molecule has 1 atom stereocenters. The van der Waals surface area contributed by atoms with Gasteiger partial charge in [-0.05, 0) is 62.1 Å². The standard InChI is InChI=1S/C26H34N4O2S/c1-5-29(6-2)14-15-30(26(33)27-19(3)20-10-8-7-9-11-20)18-22-16-21-17-23(32-4)12-13-24(21)28-25(22)31/h7-13,16-17,19H,5-6,14-15,18H2,1-4H3,(H,27,33)(H,28,31). The zero-order valence-corrected chi connectivity index (χ0v) is 20.7. The van der Waals surface area contributed by atoms with Gasteiger partial charge in [0.1, 0.15) is 5.75 Å². The molecule has 0 fully saturated rings. The predicted octanol–water partition coefficient (Wildman–Crippen LogP) is 4.32. The smallest absolute Gasteiger partial charge is 0.253 e. The van der Waals surface area contributed by atoms with Crippen molar-refractivity contribution in [1.82, 2.24) is 20.1 Å². The largest absolute Gasteiger partial charge is 0.497 e. The monoisotopic (exact) mass is 466 g/mol. The van der Waals surface area contributed by atoms with Crippen molar-refractivity contribution in [3.63, 3.8) is 0 Å². The topological polar surface area (TPSA) is 60.6 Å². The van der Waals surface area contributed by atoms with E-state index >= 15 is 0 Å². The highest BCUT2D eigenvalue weighted by Crippen LogP contribution is 2.19. The molecule has 0 aliphatic heterocycles. The van der Waals surface area contributed by atoms with Crippen LogP contribution in [0.15, 0.2) is 59.4 Å². The summed E-state index contributed by atoms with van der Waals surface area (Å²) < 4.78 is 5.35. The number of aromatic amines is 1. The minimum Gasteiger partial charge on any atom is -0.497 e. The van der Waals surface area contributed by atoms with Crippen LogP contribution in [0.5, 0.6) is 5.75 Å². The molecule has 0 aliphatic carbocycles. The molecule has 7 heteroatoms. The normalized spacial score (nSPS) is 12.0. The summed E-state index contributed by atoms with van der Waals surface area (Å²) in [5.41, 5.74) is 2.53. The molecule has 0 amide bonds. The maximum Gasteiger partial charge on any atom is 0.253 e. The van der Waals surface area contributed by atoms with Crippen molar-refractivity contribution in [3.8, 4) is 5.75 Å². The second-order valence-electron chi connectivity index (χ2n) is 8.11. The van der Waals surface area contributed by atoms with E-state index in [1.54, 1.807) is 7.11 Å². The van der Waals surface area contributed by atoms with E-state index in [1.807, 2.05) is 42.5 Å². The zero-order chi connectivity index (χ0) is 23.8. The number of nitrogens with one attached hydrogen (secondary N) is 2. The Balaban J connectivity index is 1.84. The third-order valence-electron chi connectivity index (χ3n) is 6.00. The number of hydrogen-bond donors (Lipinski definition) is 2. The molecule has 0 saturated carbocycles. The number of aromatic nitrogens is 1. The molecule has 3 aromatic rings. The molecule has 3 rings (SSSR count). The molecular weight excluding hydrogens is 432 g/mol. The minimum absolute atomic E-state index is 0.0637. The minimum atomic E-state index is -0.0978. The van der Waals surface area contributed by atoms with Gasteiger partial charge in [-0.2, -0.15) is 0 Å². The maximum atomic E-state index is 12.9. The lowest BCUT2D eigenvalue weighted by atomic mass is 10.1. The fraction of sp³-hybridized carbons (Fsp3) is 0.385. The van der Waals surface area contributed by atoms with E-state index in [2.05, 4.69) is 53.0 Å². The average Bonchev–Trinajstić information content (AvgIpc) is 2.84. The summed E-state index contributed by atoms with van der Waals surface area (Å²) in [5.74, 6) is 0.757. The number of likely N-dealkylation sites (N-methyl/N-ethyl adjacent to an activating group) is 1. The summed E-state index contributed by atoms with van der Waals surface area (Å²) >= 11 is 5.82. The van der Waals surface area contributed by atoms with Gasteiger partial charge in [0.2, 0.25) is 0 Å². The fourth-order valence-electron chi connectivity index (χ4n) is 3.84. The molecular formula is C26H34N4O2S. The molecule has 6 nitrogen and oxygen atoms in total. The Morgan fingerprint density at radius 3 is 2.48 bits per heavy atom. The van der Waals surface area contributed by atoms with Crippen LogP contribution < -0.4 is 15.6 Å². The number of pyridine rings is 1. The number of rotatable bonds is 10. The molecule has 0 bridgehead atoms. The van der Waals surface area contributed by atoms with E-state index in [0.717, 1.165) is 42.8 Å². The summed E-state index contributed by atoms with van der Waals surface area (Å²) in [6, 6.07) is 17.9. The van der Waals surface area contributed by atoms with E-state index < -0.39 is 0 Å². The molecule has 0 spiro atoms. The second kappa shape index (κ2) is 11.8. The number of hydrogen-bond acceptors (Lipinski definition) is 4. The zero-order valence-electron chi connectivity index (χ0n) is 19.9. The summed E-state index contributed by atoms with van der Waals surface area (Å²) in [6.45, 7) is 10.4. The van der Waals surface area contributed by atoms with E-state index in [0.29, 0.717) is 17.2 Å². The number of fused-ring (bicyclic) bond motifs is 1. The van der Waals surface area contributed by atoms with Gasteiger partial charge in [-0.15, -0.1) is 0 Å². The van der Waals surface area contributed by atoms with Crippen LogP contribution in [0.2, 0.25) is 0 Å². The molecule has 0 radical (unpaired) electrons. The van der Waals surface area contributed by atoms with Crippen LogP contribution in [0.4, 0.5) is 0 Å². The van der Waals surface area contributed by atoms with E-state index in [9.17, 15) is 4.79 Å². The molecule has 1 unspecified atom stereocenters. The lowest BCUT2D eigenvalue weighted by molar-refractivity contribution is 0.262. The van der Waals surface area contributed by atoms with Gasteiger partial charge < -0.3 is 24.8 Å². The number of methoxy groups -OCH3 is 1. The lowest BCUT2D eigenvalue weighted by Gasteiger charge is -2.30. The third kappa shape index (κ3) is 6.55. The molecule has 33 heavy (non-hydrogen) atoms. The van der Waals surface area contributed by atoms with Crippen LogP contribution in [-0.4, -0.2) is 53.2 Å². The SMILES string of the molecule is CCN(CC)CCN(Cc1cc2cc(OC)ccc2[nH]c1=O)C(=S)NC(C)c1ccccc1. The van der Waals surface area contributed by atoms with Crippen LogP contribution in [0, 0.1) is 0 Å². The number of nitrogens with zero attached hydrogens (tertiary/aromatic N) is 2. The number of benzene rings is 2. The van der Waals surface area contributed by atoms with Gasteiger partial charge in [-0.25, -0.2) is 0 Å². The Morgan fingerprint density at radius 2 is 1.82 bits per heavy atom. The summed E-state index contributed by atoms with van der Waals surface area (Å²) in [5, 5.41) is 5.03. The Kier molecular flexibility index (Phi) is 8.86. The first kappa shape index (κ1) is 24.7. The highest BCUT2D eigenvalue weighted by Gasteiger charge is 2.17. The van der Waals surface area contributed by atoms with Crippen molar-refractivity contribution >= 4 is 28.2 Å². The molecule has 0 saturated heterocycles. The third-order valence-corrected chi connectivity index (χ3v) is 6.37. The van der Waals surface area contributed by atoms with Crippen LogP contribution in [0.3, 0.4) is 0 Å². The first-order chi connectivity index (χ1) is 15.9. The quantitative estimate of drug-likeness (QED) is 0.434. The van der Waals surface area contributed by atoms with Gasteiger partial charge in [0.25, 0.3) is 5.56 Å². The van der Waals surface area contributed by atoms with Crippen LogP contribution in [0.25, 0.3) is 10.9 Å². The molecule has 1 aromatic heterocycles. The lowest BCUT2D eigenvalue weighted by Crippen LogP contribution is -2.44. The van der Waals surface area contributed by atoms with Gasteiger partial charge in [0, 0.05) is 29.6 Å². The van der Waals surface area contributed by atoms with Gasteiger partial charge in [0.15, 0.2) is 5.11 Å². The van der Waals surface area contributed by atoms with Gasteiger partial charge in [-0.3, -0.25) is 4.79 Å². The van der Waals surface area contributed by atoms with Crippen LogP contribution in [0.1, 0.15) is 37.9 Å². The summed E-state index contributed by atoms with van der Waals surface area (Å²) in [7, 11) is 1.64. The van der Waals surface area contributed by atoms with Crippen molar-refractivity contribution in [2.45, 2.75) is 33.4 Å². The van der Waals surface area contributed by atoms with Gasteiger partial charge in [0.05, 0.1) is 19.7 Å². The van der Waals surface area contributed by atoms with E-state index in [1.165, 1.54) is 5.56 Å². The summed E-state index contributed by atoms with van der Waals surface area (Å²) in [6.07, 6.45) is 0. The number of ether oxygens (including phenoxy) is 1. The molecule has 1 heterocycles. The van der Waals surface area contributed by atoms with E-state index in [-0.39, 0.29) is 11.6 Å². The molecule has 2 N–H and O–H groups in total. The second-order valence-corrected chi connectivity index (χ2v) is 8.49. The molecule has 176 valence electrons. The number of thiocarbonyl (C=S) groups is 1. The van der Waals surface area contributed by atoms with Crippen molar-refractivity contribution in [2.24, 2.45) is 0 Å². The van der Waals surface area contributed by atoms with Gasteiger partial charge >= 0.3 is 0 Å². The summed E-state index contributed by atoms with van der Waals surface area (Å²) in [4.78, 5) is 20.3. The van der Waals surface area contributed by atoms with Crippen molar-refractivity contribution in [2.75, 3.05) is 33.3 Å². The Labute approximate surface area is 201 Å². The van der Waals surface area contributed by atoms with Crippen molar-refractivity contribution in [1.29, 1.82) is 0 Å². The highest BCUT2D eigenvalue weighted by atomic mass is 32.1. The molecule has 2 aromatic carbocycles. The maximum absolute atomic E-state index is 12.9. The van der Waals surface area contributed by atoms with Crippen LogP contribution in [-0.2, 0) is 6.54 Å². The highest BCUT2D eigenvalue weighted by molar-refractivity contribution is 7.80. The van der Waals surface area contributed by atoms with E-state index in [4.69, 9.17) is 17.0 Å². The van der Waals surface area contributed by atoms with Crippen LogP contribution >= 0.6 is 12.2 Å². The first-order valence-corrected chi connectivity index (χ1v) is 11.9. The average molecular weight is 467 g/mol. The van der Waals surface area contributed by atoms with Crippen molar-refractivity contribution in [3.05, 3.63) is 76.1 Å². The molecule has 0 aliphatic rings.